The number of nitrogens with one attached hydrogen (secondary N) is 2. The first-order chi connectivity index (χ1) is 14.2. The van der Waals surface area contributed by atoms with Crippen LogP contribution in [-0.4, -0.2) is 43.9 Å². The number of nitrogens with two attached hydrogens (primary N) is 1. The second-order valence-electron chi connectivity index (χ2n) is 6.86. The Labute approximate surface area is 171 Å². The maximum Gasteiger partial charge on any atom is 0.422 e. The van der Waals surface area contributed by atoms with Crippen LogP contribution in [0.4, 0.5) is 35.0 Å². The average Bonchev–Trinajstić information content (AvgIpc) is 3.16. The summed E-state index contributed by atoms with van der Waals surface area (Å²) in [6, 6.07) is 13.5. The summed E-state index contributed by atoms with van der Waals surface area (Å²) in [7, 11) is 0. The van der Waals surface area contributed by atoms with Gasteiger partial charge in [-0.3, -0.25) is 4.79 Å². The Kier molecular flexibility index (Phi) is 6.34. The van der Waals surface area contributed by atoms with E-state index >= 15 is 0 Å². The lowest BCUT2D eigenvalue weighted by Gasteiger charge is -2.19. The van der Waals surface area contributed by atoms with Gasteiger partial charge in [-0.1, -0.05) is 12.1 Å². The Balaban J connectivity index is 1.52. The number of halogens is 3. The van der Waals surface area contributed by atoms with Crippen LogP contribution >= 0.6 is 0 Å². The van der Waals surface area contributed by atoms with Crippen LogP contribution in [0.25, 0.3) is 0 Å². The van der Waals surface area contributed by atoms with Crippen molar-refractivity contribution in [3.05, 3.63) is 54.1 Å². The van der Waals surface area contributed by atoms with Gasteiger partial charge in [-0.2, -0.15) is 13.2 Å². The molecule has 1 saturated heterocycles. The molecule has 1 fully saturated rings. The van der Waals surface area contributed by atoms with E-state index in [0.717, 1.165) is 5.69 Å². The number of carbonyl (C=O) groups excluding carboxylic acids is 2. The molecule has 0 radical (unpaired) electrons. The lowest BCUT2D eigenvalue weighted by Crippen LogP contribution is -2.38. The van der Waals surface area contributed by atoms with Gasteiger partial charge in [0.05, 0.1) is 17.4 Å². The van der Waals surface area contributed by atoms with Gasteiger partial charge in [0.1, 0.15) is 0 Å². The highest BCUT2D eigenvalue weighted by Gasteiger charge is 2.31. The molecule has 3 rings (SSSR count). The van der Waals surface area contributed by atoms with Gasteiger partial charge in [0.15, 0.2) is 6.61 Å². The zero-order valence-corrected chi connectivity index (χ0v) is 15.9. The number of ether oxygens (including phenoxy) is 1. The molecule has 2 aromatic rings. The molecular formula is C20H21F3N4O3. The van der Waals surface area contributed by atoms with Crippen molar-refractivity contribution < 1.29 is 27.5 Å². The molecule has 30 heavy (non-hydrogen) atoms. The number of para-hydroxylation sites is 2. The minimum absolute atomic E-state index is 0.298. The van der Waals surface area contributed by atoms with E-state index in [9.17, 15) is 22.8 Å². The zero-order valence-electron chi connectivity index (χ0n) is 15.9. The van der Waals surface area contributed by atoms with Crippen LogP contribution in [0.15, 0.2) is 48.5 Å². The lowest BCUT2D eigenvalue weighted by molar-refractivity contribution is -0.160. The third-order valence-corrected chi connectivity index (χ3v) is 4.58. The van der Waals surface area contributed by atoms with Crippen molar-refractivity contribution in [2.45, 2.75) is 18.6 Å². The normalized spacial score (nSPS) is 16.2. The number of benzene rings is 2. The molecule has 0 aromatic heterocycles. The molecule has 10 heteroatoms. The highest BCUT2D eigenvalue weighted by Crippen LogP contribution is 2.23. The van der Waals surface area contributed by atoms with Crippen molar-refractivity contribution in [3.8, 4) is 0 Å². The Morgan fingerprint density at radius 3 is 2.50 bits per heavy atom. The minimum atomic E-state index is -4.56. The van der Waals surface area contributed by atoms with Crippen molar-refractivity contribution in [2.75, 3.05) is 35.6 Å². The molecular weight excluding hydrogens is 401 g/mol. The highest BCUT2D eigenvalue weighted by atomic mass is 19.4. The maximum absolute atomic E-state index is 12.4. The van der Waals surface area contributed by atoms with E-state index in [1.165, 1.54) is 0 Å². The number of amides is 2. The van der Waals surface area contributed by atoms with E-state index in [-0.39, 0.29) is 11.9 Å². The topological polar surface area (TPSA) is 96.7 Å². The summed E-state index contributed by atoms with van der Waals surface area (Å²) in [5.41, 5.74) is 8.10. The van der Waals surface area contributed by atoms with Gasteiger partial charge < -0.3 is 26.0 Å². The average molecular weight is 422 g/mol. The van der Waals surface area contributed by atoms with Crippen LogP contribution in [0.2, 0.25) is 0 Å². The van der Waals surface area contributed by atoms with Crippen molar-refractivity contribution in [1.82, 2.24) is 5.32 Å². The highest BCUT2D eigenvalue weighted by molar-refractivity contribution is 6.05. The van der Waals surface area contributed by atoms with Crippen LogP contribution in [0.1, 0.15) is 16.8 Å². The number of nitrogens with zero attached hydrogens (tertiary/aromatic N) is 1. The molecule has 1 aliphatic heterocycles. The number of alkyl carbamates (subject to hydrolysis) is 1. The third kappa shape index (κ3) is 5.79. The first kappa shape index (κ1) is 21.3. The summed E-state index contributed by atoms with van der Waals surface area (Å²) in [6.07, 6.45) is -5.08. The van der Waals surface area contributed by atoms with Gasteiger partial charge in [-0.15, -0.1) is 0 Å². The zero-order chi connectivity index (χ0) is 21.7. The number of hydrogen-bond acceptors (Lipinski definition) is 5. The quantitative estimate of drug-likeness (QED) is 0.642. The molecule has 160 valence electrons. The lowest BCUT2D eigenvalue weighted by atomic mass is 10.1. The van der Waals surface area contributed by atoms with Crippen molar-refractivity contribution in [1.29, 1.82) is 0 Å². The second kappa shape index (κ2) is 8.93. The fourth-order valence-electron chi connectivity index (χ4n) is 3.10. The Bertz CT molecular complexity index is 903. The van der Waals surface area contributed by atoms with E-state index < -0.39 is 18.9 Å². The van der Waals surface area contributed by atoms with Crippen molar-refractivity contribution >= 4 is 29.1 Å². The number of rotatable bonds is 5. The van der Waals surface area contributed by atoms with Crippen LogP contribution in [0, 0.1) is 0 Å². The van der Waals surface area contributed by atoms with Crippen LogP contribution < -0.4 is 21.3 Å². The third-order valence-electron chi connectivity index (χ3n) is 4.58. The largest absolute Gasteiger partial charge is 0.440 e. The summed E-state index contributed by atoms with van der Waals surface area (Å²) < 4.78 is 40.5. The summed E-state index contributed by atoms with van der Waals surface area (Å²) in [5, 5.41) is 5.18. The molecule has 7 nitrogen and oxygen atoms in total. The second-order valence-corrected chi connectivity index (χ2v) is 6.86. The fourth-order valence-corrected chi connectivity index (χ4v) is 3.10. The Morgan fingerprint density at radius 2 is 1.83 bits per heavy atom. The molecule has 1 heterocycles. The number of anilines is 3. The number of hydrogen-bond donors (Lipinski definition) is 3. The van der Waals surface area contributed by atoms with Crippen LogP contribution in [-0.2, 0) is 4.74 Å². The summed E-state index contributed by atoms with van der Waals surface area (Å²) >= 11 is 0. The van der Waals surface area contributed by atoms with Crippen molar-refractivity contribution in [2.24, 2.45) is 0 Å². The molecule has 1 aliphatic rings. The molecule has 0 aliphatic carbocycles. The van der Waals surface area contributed by atoms with E-state index in [1.54, 1.807) is 48.5 Å². The fraction of sp³-hybridized carbons (Fsp3) is 0.300. The monoisotopic (exact) mass is 422 g/mol. The number of alkyl halides is 3. The van der Waals surface area contributed by atoms with Gasteiger partial charge >= 0.3 is 12.3 Å². The van der Waals surface area contributed by atoms with Gasteiger partial charge in [-0.25, -0.2) is 4.79 Å². The summed E-state index contributed by atoms with van der Waals surface area (Å²) in [5.74, 6) is -0.298. The van der Waals surface area contributed by atoms with Crippen LogP contribution in [0.5, 0.6) is 0 Å². The molecule has 2 aromatic carbocycles. The number of carbonyl (C=O) groups is 2. The van der Waals surface area contributed by atoms with E-state index in [2.05, 4.69) is 15.4 Å². The van der Waals surface area contributed by atoms with Crippen LogP contribution in [0.3, 0.4) is 0 Å². The molecule has 0 spiro atoms. The molecule has 0 bridgehead atoms. The smallest absolute Gasteiger partial charge is 0.422 e. The molecule has 1 unspecified atom stereocenters. The van der Waals surface area contributed by atoms with Gasteiger partial charge in [0, 0.05) is 24.3 Å². The Hall–Kier alpha value is -3.43. The summed E-state index contributed by atoms with van der Waals surface area (Å²) in [4.78, 5) is 25.8. The maximum atomic E-state index is 12.4. The van der Waals surface area contributed by atoms with E-state index in [1.807, 2.05) is 4.90 Å². The summed E-state index contributed by atoms with van der Waals surface area (Å²) in [6.45, 7) is -0.586. The molecule has 4 N–H and O–H groups in total. The minimum Gasteiger partial charge on any atom is -0.440 e. The number of nitrogen functional groups attached to an aromatic ring is 1. The Morgan fingerprint density at radius 1 is 1.13 bits per heavy atom. The van der Waals surface area contributed by atoms with Crippen molar-refractivity contribution in [3.63, 3.8) is 0 Å². The molecule has 1 atom stereocenters. The molecule has 0 saturated carbocycles. The first-order valence-corrected chi connectivity index (χ1v) is 9.22. The first-order valence-electron chi connectivity index (χ1n) is 9.22. The van der Waals surface area contributed by atoms with Gasteiger partial charge in [0.2, 0.25) is 0 Å². The predicted molar refractivity (Wildman–Crippen MR) is 106 cm³/mol. The predicted octanol–water partition coefficient (Wildman–Crippen LogP) is 3.39. The van der Waals surface area contributed by atoms with Gasteiger partial charge in [0.25, 0.3) is 5.91 Å². The van der Waals surface area contributed by atoms with Gasteiger partial charge in [-0.05, 0) is 42.8 Å². The molecule has 2 amide bonds. The van der Waals surface area contributed by atoms with E-state index in [4.69, 9.17) is 5.73 Å². The SMILES string of the molecule is Nc1ccccc1NC(=O)c1ccc(N2CCC(NC(=O)OCC(F)(F)F)C2)cc1. The van der Waals surface area contributed by atoms with E-state index in [0.29, 0.717) is 36.4 Å². The standard InChI is InChI=1S/C20H21F3N4O3/c21-20(22,23)12-30-19(29)25-14-9-10-27(11-14)15-7-5-13(6-8-15)18(28)26-17-4-2-1-3-16(17)24/h1-8,14H,9-12,24H2,(H,25,29)(H,26,28).